The van der Waals surface area contributed by atoms with E-state index in [1.165, 1.54) is 7.11 Å². The van der Waals surface area contributed by atoms with Gasteiger partial charge in [-0.15, -0.1) is 0 Å². The van der Waals surface area contributed by atoms with Crippen LogP contribution in [0.2, 0.25) is 0 Å². The third-order valence-electron chi connectivity index (χ3n) is 2.11. The van der Waals surface area contributed by atoms with Gasteiger partial charge in [-0.2, -0.15) is 0 Å². The monoisotopic (exact) mass is 205 g/mol. The molecule has 78 valence electrons. The number of amides is 1. The van der Waals surface area contributed by atoms with Gasteiger partial charge in [0.05, 0.1) is 24.5 Å². The topological polar surface area (TPSA) is 67.0 Å². The van der Waals surface area contributed by atoms with E-state index in [2.05, 4.69) is 20.0 Å². The van der Waals surface area contributed by atoms with Crippen LogP contribution in [0.4, 0.5) is 4.79 Å². The highest BCUT2D eigenvalue weighted by molar-refractivity contribution is 5.75. The number of nitrogens with zero attached hydrogens (tertiary/aromatic N) is 1. The maximum atomic E-state index is 10.8. The van der Waals surface area contributed by atoms with Crippen molar-refractivity contribution >= 4 is 17.1 Å². The molecule has 0 unspecified atom stereocenters. The molecule has 2 rings (SSSR count). The predicted octanol–water partition coefficient (Wildman–Crippen LogP) is 1.42. The van der Waals surface area contributed by atoms with Crippen molar-refractivity contribution in [1.82, 2.24) is 15.3 Å². The minimum atomic E-state index is -0.431. The lowest BCUT2D eigenvalue weighted by atomic mass is 10.2. The van der Waals surface area contributed by atoms with E-state index in [1.54, 1.807) is 6.33 Å². The van der Waals surface area contributed by atoms with Gasteiger partial charge in [-0.1, -0.05) is 6.07 Å². The summed E-state index contributed by atoms with van der Waals surface area (Å²) in [6.07, 6.45) is 1.21. The third-order valence-corrected chi connectivity index (χ3v) is 2.11. The number of alkyl carbamates (subject to hydrolysis) is 1. The van der Waals surface area contributed by atoms with Crippen molar-refractivity contribution in [3.05, 3.63) is 30.1 Å². The number of rotatable bonds is 2. The lowest BCUT2D eigenvalue weighted by Crippen LogP contribution is -2.22. The summed E-state index contributed by atoms with van der Waals surface area (Å²) in [4.78, 5) is 18.0. The van der Waals surface area contributed by atoms with Crippen LogP contribution < -0.4 is 5.32 Å². The second kappa shape index (κ2) is 4.00. The number of carbonyl (C=O) groups is 1. The second-order valence-corrected chi connectivity index (χ2v) is 3.10. The fourth-order valence-corrected chi connectivity index (χ4v) is 1.34. The van der Waals surface area contributed by atoms with Gasteiger partial charge in [0.25, 0.3) is 0 Å². The second-order valence-electron chi connectivity index (χ2n) is 3.10. The normalized spacial score (nSPS) is 10.2. The van der Waals surface area contributed by atoms with E-state index in [0.29, 0.717) is 6.54 Å². The third kappa shape index (κ3) is 2.07. The Bertz CT molecular complexity index is 478. The molecule has 5 nitrogen and oxygen atoms in total. The Morgan fingerprint density at radius 3 is 3.27 bits per heavy atom. The Morgan fingerprint density at radius 2 is 2.47 bits per heavy atom. The van der Waals surface area contributed by atoms with Crippen molar-refractivity contribution in [3.63, 3.8) is 0 Å². The summed E-state index contributed by atoms with van der Waals surface area (Å²) < 4.78 is 4.47. The predicted molar refractivity (Wildman–Crippen MR) is 55.3 cm³/mol. The van der Waals surface area contributed by atoms with E-state index in [-0.39, 0.29) is 0 Å². The molecular formula is C10H11N3O2. The molecule has 0 saturated carbocycles. The molecule has 1 aromatic heterocycles. The molecule has 1 amide bonds. The number of imidazole rings is 1. The van der Waals surface area contributed by atoms with Gasteiger partial charge in [0.1, 0.15) is 0 Å². The Hall–Kier alpha value is -2.04. The molecule has 0 saturated heterocycles. The number of methoxy groups -OCH3 is 1. The number of nitrogens with one attached hydrogen (secondary N) is 2. The van der Waals surface area contributed by atoms with Crippen molar-refractivity contribution in [2.24, 2.45) is 0 Å². The zero-order valence-electron chi connectivity index (χ0n) is 8.28. The molecule has 0 fully saturated rings. The Morgan fingerprint density at radius 1 is 1.60 bits per heavy atom. The highest BCUT2D eigenvalue weighted by Gasteiger charge is 2.01. The lowest BCUT2D eigenvalue weighted by Gasteiger charge is -2.03. The van der Waals surface area contributed by atoms with Gasteiger partial charge in [-0.3, -0.25) is 0 Å². The zero-order valence-corrected chi connectivity index (χ0v) is 8.28. The molecular weight excluding hydrogens is 194 g/mol. The van der Waals surface area contributed by atoms with Gasteiger partial charge < -0.3 is 15.0 Å². The highest BCUT2D eigenvalue weighted by atomic mass is 16.5. The van der Waals surface area contributed by atoms with Crippen molar-refractivity contribution in [1.29, 1.82) is 0 Å². The summed E-state index contributed by atoms with van der Waals surface area (Å²) in [5.74, 6) is 0. The number of benzene rings is 1. The van der Waals surface area contributed by atoms with Gasteiger partial charge in [0, 0.05) is 6.54 Å². The first kappa shape index (κ1) is 9.51. The Kier molecular flexibility index (Phi) is 2.53. The molecule has 0 radical (unpaired) electrons. The smallest absolute Gasteiger partial charge is 0.407 e. The molecule has 15 heavy (non-hydrogen) atoms. The number of hydrogen-bond acceptors (Lipinski definition) is 3. The van der Waals surface area contributed by atoms with Crippen LogP contribution in [-0.2, 0) is 11.3 Å². The number of hydrogen-bond donors (Lipinski definition) is 2. The number of H-pyrrole nitrogens is 1. The number of aromatic nitrogens is 2. The summed E-state index contributed by atoms with van der Waals surface area (Å²) in [5.41, 5.74) is 2.87. The average Bonchev–Trinajstić information content (AvgIpc) is 2.72. The highest BCUT2D eigenvalue weighted by Crippen LogP contribution is 2.11. The van der Waals surface area contributed by atoms with E-state index >= 15 is 0 Å². The van der Waals surface area contributed by atoms with E-state index in [1.807, 2.05) is 18.2 Å². The van der Waals surface area contributed by atoms with Crippen LogP contribution in [-0.4, -0.2) is 23.2 Å². The molecule has 2 aromatic rings. The first-order valence-electron chi connectivity index (χ1n) is 4.53. The maximum absolute atomic E-state index is 10.8. The Balaban J connectivity index is 2.11. The van der Waals surface area contributed by atoms with E-state index in [9.17, 15) is 4.79 Å². The van der Waals surface area contributed by atoms with E-state index in [0.717, 1.165) is 16.6 Å². The van der Waals surface area contributed by atoms with E-state index in [4.69, 9.17) is 0 Å². The van der Waals surface area contributed by atoms with Crippen LogP contribution in [0.1, 0.15) is 5.56 Å². The lowest BCUT2D eigenvalue weighted by molar-refractivity contribution is 0.170. The van der Waals surface area contributed by atoms with Crippen molar-refractivity contribution in [3.8, 4) is 0 Å². The fourth-order valence-electron chi connectivity index (χ4n) is 1.34. The summed E-state index contributed by atoms with van der Waals surface area (Å²) >= 11 is 0. The maximum Gasteiger partial charge on any atom is 0.407 e. The molecule has 1 aromatic carbocycles. The van der Waals surface area contributed by atoms with Crippen LogP contribution in [0, 0.1) is 0 Å². The molecule has 0 atom stereocenters. The number of carbonyl (C=O) groups excluding carboxylic acids is 1. The van der Waals surface area contributed by atoms with Crippen molar-refractivity contribution in [2.45, 2.75) is 6.54 Å². The molecule has 0 spiro atoms. The first-order chi connectivity index (χ1) is 7.29. The minimum Gasteiger partial charge on any atom is -0.453 e. The fraction of sp³-hybridized carbons (Fsp3) is 0.200. The largest absolute Gasteiger partial charge is 0.453 e. The van der Waals surface area contributed by atoms with Gasteiger partial charge >= 0.3 is 6.09 Å². The molecule has 2 N–H and O–H groups in total. The summed E-state index contributed by atoms with van der Waals surface area (Å²) in [7, 11) is 1.34. The quantitative estimate of drug-likeness (QED) is 0.779. The van der Waals surface area contributed by atoms with Gasteiger partial charge in [0.15, 0.2) is 0 Å². The average molecular weight is 205 g/mol. The van der Waals surface area contributed by atoms with E-state index < -0.39 is 6.09 Å². The standard InChI is InChI=1S/C10H11N3O2/c1-15-10(14)11-5-7-2-3-8-9(4-7)13-6-12-8/h2-4,6H,5H2,1H3,(H,11,14)(H,12,13). The number of aromatic amines is 1. The zero-order chi connectivity index (χ0) is 10.7. The molecule has 0 aliphatic carbocycles. The summed E-state index contributed by atoms with van der Waals surface area (Å²) in [6, 6.07) is 5.76. The van der Waals surface area contributed by atoms with Gasteiger partial charge in [-0.05, 0) is 17.7 Å². The van der Waals surface area contributed by atoms with Crippen molar-refractivity contribution in [2.75, 3.05) is 7.11 Å². The summed E-state index contributed by atoms with van der Waals surface area (Å²) in [6.45, 7) is 0.446. The number of ether oxygens (including phenoxy) is 1. The molecule has 5 heteroatoms. The van der Waals surface area contributed by atoms with Crippen LogP contribution in [0.25, 0.3) is 11.0 Å². The minimum absolute atomic E-state index is 0.431. The van der Waals surface area contributed by atoms with Crippen LogP contribution in [0.15, 0.2) is 24.5 Å². The summed E-state index contributed by atoms with van der Waals surface area (Å²) in [5, 5.41) is 2.61. The molecule has 1 heterocycles. The SMILES string of the molecule is COC(=O)NCc1ccc2nc[nH]c2c1. The molecule has 0 aliphatic heterocycles. The van der Waals surface area contributed by atoms with Gasteiger partial charge in [-0.25, -0.2) is 9.78 Å². The van der Waals surface area contributed by atoms with Crippen LogP contribution in [0.5, 0.6) is 0 Å². The van der Waals surface area contributed by atoms with Crippen molar-refractivity contribution < 1.29 is 9.53 Å². The Labute approximate surface area is 86.5 Å². The number of fused-ring (bicyclic) bond motifs is 1. The van der Waals surface area contributed by atoms with Crippen LogP contribution >= 0.6 is 0 Å². The van der Waals surface area contributed by atoms with Crippen LogP contribution in [0.3, 0.4) is 0 Å². The molecule has 0 aliphatic rings. The first-order valence-corrected chi connectivity index (χ1v) is 4.53. The molecule has 0 bridgehead atoms. The van der Waals surface area contributed by atoms with Gasteiger partial charge in [0.2, 0.25) is 0 Å².